The third-order valence-electron chi connectivity index (χ3n) is 3.19. The van der Waals surface area contributed by atoms with Crippen LogP contribution in [0.4, 0.5) is 9.18 Å². The molecule has 1 aliphatic heterocycles. The minimum absolute atomic E-state index is 0.0481. The van der Waals surface area contributed by atoms with Gasteiger partial charge in [-0.3, -0.25) is 0 Å². The zero-order valence-electron chi connectivity index (χ0n) is 11.0. The van der Waals surface area contributed by atoms with Crippen LogP contribution in [-0.4, -0.2) is 25.3 Å². The summed E-state index contributed by atoms with van der Waals surface area (Å²) in [7, 11) is 0. The molecule has 0 saturated carbocycles. The number of amides is 2. The van der Waals surface area contributed by atoms with Gasteiger partial charge in [-0.1, -0.05) is 12.1 Å². The summed E-state index contributed by atoms with van der Waals surface area (Å²) in [5.41, 5.74) is 0.861. The van der Waals surface area contributed by atoms with Gasteiger partial charge in [0.05, 0.1) is 12.1 Å². The lowest BCUT2D eigenvalue weighted by atomic mass is 9.99. The van der Waals surface area contributed by atoms with Crippen LogP contribution in [0.15, 0.2) is 24.3 Å². The van der Waals surface area contributed by atoms with Gasteiger partial charge in [-0.25, -0.2) is 9.18 Å². The average molecular weight is 266 g/mol. The molecule has 0 aliphatic carbocycles. The van der Waals surface area contributed by atoms with Crippen LogP contribution < -0.4 is 10.6 Å². The molecule has 1 aromatic rings. The molecule has 4 nitrogen and oxygen atoms in total. The van der Waals surface area contributed by atoms with E-state index < -0.39 is 0 Å². The van der Waals surface area contributed by atoms with E-state index in [2.05, 4.69) is 10.6 Å². The molecule has 0 bridgehead atoms. The smallest absolute Gasteiger partial charge is 0.315 e. The van der Waals surface area contributed by atoms with Crippen molar-refractivity contribution in [2.75, 3.05) is 13.2 Å². The van der Waals surface area contributed by atoms with Gasteiger partial charge in [0.1, 0.15) is 5.82 Å². The first-order chi connectivity index (χ1) is 9.20. The van der Waals surface area contributed by atoms with E-state index in [1.54, 1.807) is 12.1 Å². The molecular weight excluding hydrogens is 247 g/mol. The number of benzene rings is 1. The molecule has 1 aromatic carbocycles. The molecule has 2 N–H and O–H groups in total. The van der Waals surface area contributed by atoms with E-state index >= 15 is 0 Å². The lowest BCUT2D eigenvalue weighted by Gasteiger charge is -2.24. The zero-order chi connectivity index (χ0) is 13.7. The lowest BCUT2D eigenvalue weighted by molar-refractivity contribution is 0.0807. The number of nitrogens with one attached hydrogen (secondary N) is 2. The van der Waals surface area contributed by atoms with Crippen LogP contribution in [0.25, 0.3) is 0 Å². The van der Waals surface area contributed by atoms with Gasteiger partial charge in [-0.15, -0.1) is 0 Å². The molecule has 2 atom stereocenters. The molecule has 2 unspecified atom stereocenters. The molecule has 5 heteroatoms. The quantitative estimate of drug-likeness (QED) is 0.879. The Balaban J connectivity index is 2.13. The van der Waals surface area contributed by atoms with E-state index in [0.29, 0.717) is 13.2 Å². The third-order valence-corrected chi connectivity index (χ3v) is 3.19. The van der Waals surface area contributed by atoms with E-state index in [-0.39, 0.29) is 24.0 Å². The Morgan fingerprint density at radius 1 is 1.47 bits per heavy atom. The van der Waals surface area contributed by atoms with Gasteiger partial charge in [-0.05, 0) is 37.5 Å². The van der Waals surface area contributed by atoms with Crippen molar-refractivity contribution >= 4 is 6.03 Å². The minimum Gasteiger partial charge on any atom is -0.376 e. The maximum Gasteiger partial charge on any atom is 0.315 e. The normalized spacial score (nSPS) is 20.0. The SMILES string of the molecule is CCNC(=O)NC(c1ccc(F)cc1)C1CCCO1. The van der Waals surface area contributed by atoms with Crippen molar-refractivity contribution < 1.29 is 13.9 Å². The third kappa shape index (κ3) is 3.67. The van der Waals surface area contributed by atoms with Crippen molar-refractivity contribution in [3.8, 4) is 0 Å². The maximum atomic E-state index is 13.0. The van der Waals surface area contributed by atoms with E-state index in [1.165, 1.54) is 12.1 Å². The van der Waals surface area contributed by atoms with Crippen LogP contribution in [0.5, 0.6) is 0 Å². The Morgan fingerprint density at radius 3 is 2.79 bits per heavy atom. The van der Waals surface area contributed by atoms with Crippen LogP contribution in [0.3, 0.4) is 0 Å². The molecule has 0 spiro atoms. The number of ether oxygens (including phenoxy) is 1. The van der Waals surface area contributed by atoms with Crippen molar-refractivity contribution in [3.05, 3.63) is 35.6 Å². The number of carbonyl (C=O) groups is 1. The minimum atomic E-state index is -0.284. The second kappa shape index (κ2) is 6.52. The summed E-state index contributed by atoms with van der Waals surface area (Å²) in [5.74, 6) is -0.284. The first-order valence-corrected chi connectivity index (χ1v) is 6.62. The lowest BCUT2D eigenvalue weighted by Crippen LogP contribution is -2.42. The highest BCUT2D eigenvalue weighted by atomic mass is 19.1. The molecular formula is C14H19FN2O2. The van der Waals surface area contributed by atoms with E-state index in [1.807, 2.05) is 6.92 Å². The number of carbonyl (C=O) groups excluding carboxylic acids is 1. The van der Waals surface area contributed by atoms with Crippen molar-refractivity contribution in [1.29, 1.82) is 0 Å². The highest BCUT2D eigenvalue weighted by molar-refractivity contribution is 5.74. The van der Waals surface area contributed by atoms with E-state index in [4.69, 9.17) is 4.74 Å². The Kier molecular flexibility index (Phi) is 4.74. The number of rotatable bonds is 4. The zero-order valence-corrected chi connectivity index (χ0v) is 11.0. The second-order valence-corrected chi connectivity index (χ2v) is 4.58. The van der Waals surface area contributed by atoms with Gasteiger partial charge in [0.2, 0.25) is 0 Å². The fraction of sp³-hybridized carbons (Fsp3) is 0.500. The van der Waals surface area contributed by atoms with Gasteiger partial charge in [-0.2, -0.15) is 0 Å². The Hall–Kier alpha value is -1.62. The predicted molar refractivity (Wildman–Crippen MR) is 70.3 cm³/mol. The van der Waals surface area contributed by atoms with Crippen molar-refractivity contribution in [3.63, 3.8) is 0 Å². The Morgan fingerprint density at radius 2 is 2.21 bits per heavy atom. The number of hydrogen-bond acceptors (Lipinski definition) is 2. The summed E-state index contributed by atoms with van der Waals surface area (Å²) in [6.07, 6.45) is 1.83. The predicted octanol–water partition coefficient (Wildman–Crippen LogP) is 2.36. The highest BCUT2D eigenvalue weighted by Gasteiger charge is 2.28. The summed E-state index contributed by atoms with van der Waals surface area (Å²) in [5, 5.41) is 5.60. The first kappa shape index (κ1) is 13.8. The first-order valence-electron chi connectivity index (χ1n) is 6.62. The number of hydrogen-bond donors (Lipinski definition) is 2. The monoisotopic (exact) mass is 266 g/mol. The second-order valence-electron chi connectivity index (χ2n) is 4.58. The maximum absolute atomic E-state index is 13.0. The van der Waals surface area contributed by atoms with E-state index in [0.717, 1.165) is 18.4 Å². The fourth-order valence-corrected chi connectivity index (χ4v) is 2.28. The standard InChI is InChI=1S/C14H19FN2O2/c1-2-16-14(18)17-13(12-4-3-9-19-12)10-5-7-11(15)8-6-10/h5-8,12-13H,2-4,9H2,1H3,(H2,16,17,18). The number of urea groups is 1. The average Bonchev–Trinajstić information content (AvgIpc) is 2.91. The molecule has 19 heavy (non-hydrogen) atoms. The van der Waals surface area contributed by atoms with Crippen LogP contribution in [0.1, 0.15) is 31.4 Å². The van der Waals surface area contributed by atoms with Crippen LogP contribution in [0.2, 0.25) is 0 Å². The molecule has 1 heterocycles. The molecule has 104 valence electrons. The van der Waals surface area contributed by atoms with Gasteiger partial charge in [0, 0.05) is 13.2 Å². The summed E-state index contributed by atoms with van der Waals surface area (Å²) in [6.45, 7) is 3.13. The summed E-state index contributed by atoms with van der Waals surface area (Å²) < 4.78 is 18.6. The summed E-state index contributed by atoms with van der Waals surface area (Å²) in [4.78, 5) is 11.7. The van der Waals surface area contributed by atoms with E-state index in [9.17, 15) is 9.18 Å². The fourth-order valence-electron chi connectivity index (χ4n) is 2.28. The van der Waals surface area contributed by atoms with Gasteiger partial charge in [0.25, 0.3) is 0 Å². The molecule has 1 fully saturated rings. The van der Waals surface area contributed by atoms with Crippen molar-refractivity contribution in [2.45, 2.75) is 31.9 Å². The van der Waals surface area contributed by atoms with Crippen molar-refractivity contribution in [1.82, 2.24) is 10.6 Å². The highest BCUT2D eigenvalue weighted by Crippen LogP contribution is 2.27. The number of halogens is 1. The topological polar surface area (TPSA) is 50.4 Å². The molecule has 1 aliphatic rings. The van der Waals surface area contributed by atoms with Gasteiger partial charge in [0.15, 0.2) is 0 Å². The molecule has 1 saturated heterocycles. The van der Waals surface area contributed by atoms with Crippen LogP contribution in [-0.2, 0) is 4.74 Å². The summed E-state index contributed by atoms with van der Waals surface area (Å²) in [6, 6.07) is 5.71. The molecule has 2 rings (SSSR count). The van der Waals surface area contributed by atoms with Crippen LogP contribution >= 0.6 is 0 Å². The Labute approximate surface area is 112 Å². The van der Waals surface area contributed by atoms with Gasteiger partial charge >= 0.3 is 6.03 Å². The largest absolute Gasteiger partial charge is 0.376 e. The van der Waals surface area contributed by atoms with Gasteiger partial charge < -0.3 is 15.4 Å². The molecule has 2 amide bonds. The molecule has 0 aromatic heterocycles. The molecule has 0 radical (unpaired) electrons. The Bertz CT molecular complexity index is 416. The van der Waals surface area contributed by atoms with Crippen molar-refractivity contribution in [2.24, 2.45) is 0 Å². The van der Waals surface area contributed by atoms with Crippen LogP contribution in [0, 0.1) is 5.82 Å². The summed E-state index contributed by atoms with van der Waals surface area (Å²) >= 11 is 0.